The summed E-state index contributed by atoms with van der Waals surface area (Å²) in [5.41, 5.74) is 1.24. The molecule has 0 bridgehead atoms. The van der Waals surface area contributed by atoms with Gasteiger partial charge in [0, 0.05) is 18.5 Å². The van der Waals surface area contributed by atoms with E-state index in [4.69, 9.17) is 0 Å². The van der Waals surface area contributed by atoms with E-state index >= 15 is 0 Å². The van der Waals surface area contributed by atoms with Gasteiger partial charge in [0.2, 0.25) is 5.91 Å². The molecule has 0 radical (unpaired) electrons. The van der Waals surface area contributed by atoms with E-state index in [-0.39, 0.29) is 11.8 Å². The number of unbranched alkanes of at least 4 members (excludes halogenated alkanes) is 2. The number of nitrogens with one attached hydrogen (secondary N) is 2. The van der Waals surface area contributed by atoms with Crippen LogP contribution in [-0.4, -0.2) is 25.0 Å². The fraction of sp³-hybridized carbons (Fsp3) is 0.682. The van der Waals surface area contributed by atoms with Crippen LogP contribution in [0, 0.1) is 11.8 Å². The van der Waals surface area contributed by atoms with Gasteiger partial charge in [0.25, 0.3) is 0 Å². The van der Waals surface area contributed by atoms with Crippen LogP contribution in [0.15, 0.2) is 30.3 Å². The maximum Gasteiger partial charge on any atom is 0.223 e. The standard InChI is InChI=1S/C20H34N2O.C2H6/c1-16(2)19(15-18-11-7-5-8-12-18)20(23)22-14-10-6-9-13-21-17(3)4;1-2/h5,7-8,11-12,16-17,19,21H,6,9-10,13-15H2,1-4H3,(H,22,23);1-2H3. The van der Waals surface area contributed by atoms with Crippen molar-refractivity contribution in [2.45, 2.75) is 73.3 Å². The highest BCUT2D eigenvalue weighted by Crippen LogP contribution is 2.17. The molecule has 1 aromatic carbocycles. The number of hydrogen-bond donors (Lipinski definition) is 2. The van der Waals surface area contributed by atoms with Crippen molar-refractivity contribution in [1.29, 1.82) is 0 Å². The molecule has 144 valence electrons. The molecule has 0 aliphatic heterocycles. The Morgan fingerprint density at radius 2 is 1.52 bits per heavy atom. The number of hydrogen-bond acceptors (Lipinski definition) is 2. The minimum absolute atomic E-state index is 0.0556. The van der Waals surface area contributed by atoms with Crippen LogP contribution in [0.5, 0.6) is 0 Å². The van der Waals surface area contributed by atoms with E-state index in [0.29, 0.717) is 12.0 Å². The van der Waals surface area contributed by atoms with E-state index in [0.717, 1.165) is 32.4 Å². The van der Waals surface area contributed by atoms with Crippen molar-refractivity contribution in [1.82, 2.24) is 10.6 Å². The van der Waals surface area contributed by atoms with Crippen molar-refractivity contribution in [3.8, 4) is 0 Å². The van der Waals surface area contributed by atoms with Crippen LogP contribution in [0.2, 0.25) is 0 Å². The Morgan fingerprint density at radius 3 is 2.08 bits per heavy atom. The minimum atomic E-state index is 0.0556. The van der Waals surface area contributed by atoms with Gasteiger partial charge in [-0.3, -0.25) is 4.79 Å². The van der Waals surface area contributed by atoms with Crippen LogP contribution in [0.1, 0.15) is 66.4 Å². The van der Waals surface area contributed by atoms with Crippen LogP contribution >= 0.6 is 0 Å². The van der Waals surface area contributed by atoms with E-state index in [1.165, 1.54) is 12.0 Å². The molecule has 3 nitrogen and oxygen atoms in total. The van der Waals surface area contributed by atoms with Crippen LogP contribution in [0.25, 0.3) is 0 Å². The van der Waals surface area contributed by atoms with E-state index in [1.54, 1.807) is 0 Å². The molecule has 1 unspecified atom stereocenters. The molecule has 3 heteroatoms. The summed E-state index contributed by atoms with van der Waals surface area (Å²) in [5, 5.41) is 6.54. The average Bonchev–Trinajstić information content (AvgIpc) is 2.60. The summed E-state index contributed by atoms with van der Waals surface area (Å²) < 4.78 is 0. The van der Waals surface area contributed by atoms with Crippen molar-refractivity contribution in [3.05, 3.63) is 35.9 Å². The summed E-state index contributed by atoms with van der Waals surface area (Å²) in [7, 11) is 0. The fourth-order valence-corrected chi connectivity index (χ4v) is 2.66. The number of carbonyl (C=O) groups is 1. The third-order valence-electron chi connectivity index (χ3n) is 4.15. The Morgan fingerprint density at radius 1 is 0.920 bits per heavy atom. The van der Waals surface area contributed by atoms with Crippen molar-refractivity contribution >= 4 is 5.91 Å². The maximum absolute atomic E-state index is 12.4. The molecule has 0 spiro atoms. The molecular formula is C22H40N2O. The molecule has 1 aromatic rings. The summed E-state index contributed by atoms with van der Waals surface area (Å²) in [6, 6.07) is 10.8. The van der Waals surface area contributed by atoms with E-state index in [2.05, 4.69) is 50.5 Å². The van der Waals surface area contributed by atoms with Gasteiger partial charge in [0.05, 0.1) is 0 Å². The quantitative estimate of drug-likeness (QED) is 0.563. The summed E-state index contributed by atoms with van der Waals surface area (Å²) in [6.45, 7) is 14.4. The van der Waals surface area contributed by atoms with Gasteiger partial charge < -0.3 is 10.6 Å². The highest BCUT2D eigenvalue weighted by Gasteiger charge is 2.21. The normalized spacial score (nSPS) is 11.8. The molecule has 0 aliphatic rings. The van der Waals surface area contributed by atoms with Gasteiger partial charge in [-0.05, 0) is 37.3 Å². The molecule has 0 heterocycles. The Bertz CT molecular complexity index is 429. The lowest BCUT2D eigenvalue weighted by Crippen LogP contribution is -2.35. The fourth-order valence-electron chi connectivity index (χ4n) is 2.66. The van der Waals surface area contributed by atoms with E-state index in [1.807, 2.05) is 32.0 Å². The van der Waals surface area contributed by atoms with Crippen LogP contribution in [-0.2, 0) is 11.2 Å². The first-order valence-corrected chi connectivity index (χ1v) is 10.1. The number of benzene rings is 1. The van der Waals surface area contributed by atoms with Gasteiger partial charge in [0.15, 0.2) is 0 Å². The molecule has 1 rings (SSSR count). The lowest BCUT2D eigenvalue weighted by molar-refractivity contribution is -0.126. The smallest absolute Gasteiger partial charge is 0.223 e. The first-order chi connectivity index (χ1) is 12.0. The highest BCUT2D eigenvalue weighted by molar-refractivity contribution is 5.79. The van der Waals surface area contributed by atoms with Crippen LogP contribution in [0.4, 0.5) is 0 Å². The molecule has 1 atom stereocenters. The zero-order chi connectivity index (χ0) is 19.1. The minimum Gasteiger partial charge on any atom is -0.356 e. The second kappa shape index (κ2) is 14.9. The van der Waals surface area contributed by atoms with Gasteiger partial charge in [0.1, 0.15) is 0 Å². The van der Waals surface area contributed by atoms with Gasteiger partial charge >= 0.3 is 0 Å². The lowest BCUT2D eigenvalue weighted by atomic mass is 9.88. The first kappa shape index (κ1) is 23.6. The van der Waals surface area contributed by atoms with Crippen molar-refractivity contribution in [2.24, 2.45) is 11.8 Å². The molecule has 0 aliphatic carbocycles. The molecule has 0 fully saturated rings. The largest absolute Gasteiger partial charge is 0.356 e. The molecule has 25 heavy (non-hydrogen) atoms. The number of carbonyl (C=O) groups excluding carboxylic acids is 1. The van der Waals surface area contributed by atoms with Crippen molar-refractivity contribution in [2.75, 3.05) is 13.1 Å². The zero-order valence-corrected chi connectivity index (χ0v) is 17.3. The lowest BCUT2D eigenvalue weighted by Gasteiger charge is -2.20. The number of rotatable bonds is 11. The summed E-state index contributed by atoms with van der Waals surface area (Å²) in [6.07, 6.45) is 4.21. The predicted octanol–water partition coefficient (Wildman–Crippen LogP) is 4.81. The molecule has 2 N–H and O–H groups in total. The topological polar surface area (TPSA) is 41.1 Å². The number of amides is 1. The SMILES string of the molecule is CC.CC(C)NCCCCCNC(=O)C(Cc1ccccc1)C(C)C. The average molecular weight is 349 g/mol. The third-order valence-corrected chi connectivity index (χ3v) is 4.15. The zero-order valence-electron chi connectivity index (χ0n) is 17.3. The Hall–Kier alpha value is -1.35. The second-order valence-electron chi connectivity index (χ2n) is 7.00. The van der Waals surface area contributed by atoms with Gasteiger partial charge in [-0.2, -0.15) is 0 Å². The second-order valence-corrected chi connectivity index (χ2v) is 7.00. The van der Waals surface area contributed by atoms with Crippen molar-refractivity contribution < 1.29 is 4.79 Å². The van der Waals surface area contributed by atoms with Gasteiger partial charge in [-0.25, -0.2) is 0 Å². The third kappa shape index (κ3) is 11.8. The van der Waals surface area contributed by atoms with Gasteiger partial charge in [-0.1, -0.05) is 78.3 Å². The molecule has 0 aromatic heterocycles. The predicted molar refractivity (Wildman–Crippen MR) is 110 cm³/mol. The monoisotopic (exact) mass is 348 g/mol. The summed E-state index contributed by atoms with van der Waals surface area (Å²) in [5.74, 6) is 0.606. The maximum atomic E-state index is 12.4. The summed E-state index contributed by atoms with van der Waals surface area (Å²) >= 11 is 0. The first-order valence-electron chi connectivity index (χ1n) is 10.1. The Balaban J connectivity index is 0.00000277. The molecule has 1 amide bonds. The van der Waals surface area contributed by atoms with Crippen LogP contribution < -0.4 is 10.6 Å². The Labute approximate surface area is 156 Å². The summed E-state index contributed by atoms with van der Waals surface area (Å²) in [4.78, 5) is 12.4. The van der Waals surface area contributed by atoms with Gasteiger partial charge in [-0.15, -0.1) is 0 Å². The highest BCUT2D eigenvalue weighted by atomic mass is 16.1. The molecular weight excluding hydrogens is 308 g/mol. The Kier molecular flexibility index (Phi) is 14.1. The van der Waals surface area contributed by atoms with E-state index < -0.39 is 0 Å². The van der Waals surface area contributed by atoms with E-state index in [9.17, 15) is 4.79 Å². The molecule has 0 saturated carbocycles. The van der Waals surface area contributed by atoms with Crippen LogP contribution in [0.3, 0.4) is 0 Å². The van der Waals surface area contributed by atoms with Crippen molar-refractivity contribution in [3.63, 3.8) is 0 Å². The molecule has 0 saturated heterocycles.